The quantitative estimate of drug-likeness (QED) is 0.285. The lowest BCUT2D eigenvalue weighted by Crippen LogP contribution is -2.36. The number of aromatic nitrogens is 3. The van der Waals surface area contributed by atoms with Crippen molar-refractivity contribution in [2.45, 2.75) is 20.3 Å². The normalized spacial score (nSPS) is 11.5. The lowest BCUT2D eigenvalue weighted by molar-refractivity contribution is 0.0975. The van der Waals surface area contributed by atoms with Crippen LogP contribution in [-0.2, 0) is 4.74 Å². The number of rotatable bonds is 8. The molecule has 10 heteroatoms. The number of nitrogens with zero attached hydrogens (tertiary/aromatic N) is 3. The summed E-state index contributed by atoms with van der Waals surface area (Å²) in [6, 6.07) is 9.20. The number of carbonyl (C=O) groups excluding carboxylic acids is 1. The molecule has 0 radical (unpaired) electrons. The highest BCUT2D eigenvalue weighted by atomic mass is 35.5. The molecule has 0 fully saturated rings. The van der Waals surface area contributed by atoms with Gasteiger partial charge in [0.1, 0.15) is 11.3 Å². The number of nitrogens with one attached hydrogen (secondary N) is 3. The minimum atomic E-state index is -0.377. The van der Waals surface area contributed by atoms with Gasteiger partial charge in [-0.2, -0.15) is 5.10 Å². The van der Waals surface area contributed by atoms with E-state index in [2.05, 4.69) is 31.0 Å². The monoisotopic (exact) mass is 430 g/mol. The molecule has 3 aromatic rings. The van der Waals surface area contributed by atoms with Gasteiger partial charge in [0, 0.05) is 30.8 Å². The van der Waals surface area contributed by atoms with Gasteiger partial charge in [-0.05, 0) is 38.0 Å². The van der Waals surface area contributed by atoms with E-state index in [4.69, 9.17) is 20.9 Å². The minimum Gasteiger partial charge on any atom is -0.382 e. The van der Waals surface area contributed by atoms with Gasteiger partial charge in [0.2, 0.25) is 5.96 Å². The van der Waals surface area contributed by atoms with Crippen molar-refractivity contribution < 1.29 is 14.1 Å². The number of aromatic amines is 1. The molecule has 0 saturated heterocycles. The number of ether oxygens (including phenoxy) is 1. The van der Waals surface area contributed by atoms with Crippen LogP contribution in [0.3, 0.4) is 0 Å². The van der Waals surface area contributed by atoms with E-state index in [0.717, 1.165) is 17.7 Å². The predicted molar refractivity (Wildman–Crippen MR) is 115 cm³/mol. The van der Waals surface area contributed by atoms with Crippen LogP contribution in [0.15, 0.2) is 46.0 Å². The zero-order valence-electron chi connectivity index (χ0n) is 16.7. The average Bonchev–Trinajstić information content (AvgIpc) is 3.37. The smallest absolute Gasteiger partial charge is 0.263 e. The molecule has 9 nitrogen and oxygen atoms in total. The molecule has 0 aliphatic rings. The van der Waals surface area contributed by atoms with E-state index in [1.54, 1.807) is 19.1 Å². The van der Waals surface area contributed by atoms with Crippen molar-refractivity contribution >= 4 is 29.3 Å². The molecule has 0 bridgehead atoms. The molecule has 1 aromatic carbocycles. The second kappa shape index (κ2) is 10.6. The molecule has 0 saturated carbocycles. The van der Waals surface area contributed by atoms with Gasteiger partial charge in [0.05, 0.1) is 11.9 Å². The molecule has 2 aromatic heterocycles. The summed E-state index contributed by atoms with van der Waals surface area (Å²) >= 11 is 5.94. The molecule has 0 unspecified atom stereocenters. The summed E-state index contributed by atoms with van der Waals surface area (Å²) in [6.45, 7) is 5.32. The number of hydrogen-bond donors (Lipinski definition) is 3. The number of aryl methyl sites for hydroxylation is 1. The van der Waals surface area contributed by atoms with Gasteiger partial charge >= 0.3 is 0 Å². The largest absolute Gasteiger partial charge is 0.382 e. The second-order valence-corrected chi connectivity index (χ2v) is 6.77. The minimum absolute atomic E-state index is 0.270. The molecule has 0 aliphatic heterocycles. The summed E-state index contributed by atoms with van der Waals surface area (Å²) in [4.78, 5) is 17.0. The van der Waals surface area contributed by atoms with Crippen molar-refractivity contribution in [3.8, 4) is 11.3 Å². The van der Waals surface area contributed by atoms with Crippen LogP contribution in [0, 0.1) is 6.92 Å². The van der Waals surface area contributed by atoms with E-state index in [0.29, 0.717) is 41.9 Å². The molecule has 2 heterocycles. The van der Waals surface area contributed by atoms with E-state index in [9.17, 15) is 4.79 Å². The first-order chi connectivity index (χ1) is 14.6. The highest BCUT2D eigenvalue weighted by molar-refractivity contribution is 6.30. The molecule has 3 N–H and O–H groups in total. The molecule has 3 rings (SSSR count). The average molecular weight is 431 g/mol. The molecule has 0 atom stereocenters. The van der Waals surface area contributed by atoms with Gasteiger partial charge < -0.3 is 14.6 Å². The Morgan fingerprint density at radius 3 is 2.83 bits per heavy atom. The van der Waals surface area contributed by atoms with E-state index < -0.39 is 0 Å². The van der Waals surface area contributed by atoms with Crippen LogP contribution in [0.2, 0.25) is 5.02 Å². The maximum Gasteiger partial charge on any atom is 0.263 e. The molecule has 158 valence electrons. The Morgan fingerprint density at radius 2 is 2.13 bits per heavy atom. The Bertz CT molecular complexity index is 996. The highest BCUT2D eigenvalue weighted by Crippen LogP contribution is 2.21. The van der Waals surface area contributed by atoms with Crippen LogP contribution in [-0.4, -0.2) is 47.0 Å². The van der Waals surface area contributed by atoms with Gasteiger partial charge in [-0.15, -0.1) is 0 Å². The van der Waals surface area contributed by atoms with E-state index in [1.165, 1.54) is 6.20 Å². The Kier molecular flexibility index (Phi) is 7.58. The summed E-state index contributed by atoms with van der Waals surface area (Å²) in [5, 5.41) is 17.3. The van der Waals surface area contributed by atoms with Crippen LogP contribution in [0.1, 0.15) is 29.5 Å². The fourth-order valence-corrected chi connectivity index (χ4v) is 2.71. The fourth-order valence-electron chi connectivity index (χ4n) is 2.59. The number of benzene rings is 1. The molecule has 0 spiro atoms. The lowest BCUT2D eigenvalue weighted by Gasteiger charge is -2.09. The Hall–Kier alpha value is -3.17. The summed E-state index contributed by atoms with van der Waals surface area (Å²) in [5.41, 5.74) is 2.06. The third kappa shape index (κ3) is 5.91. The van der Waals surface area contributed by atoms with Crippen molar-refractivity contribution in [3.63, 3.8) is 0 Å². The number of halogens is 1. The van der Waals surface area contributed by atoms with E-state index >= 15 is 0 Å². The van der Waals surface area contributed by atoms with Gasteiger partial charge in [0.15, 0.2) is 5.82 Å². The zero-order chi connectivity index (χ0) is 21.3. The van der Waals surface area contributed by atoms with Gasteiger partial charge in [0.25, 0.3) is 5.91 Å². The van der Waals surface area contributed by atoms with Gasteiger partial charge in [-0.1, -0.05) is 28.9 Å². The standard InChI is InChI=1S/C20H23ClN6O3/c1-3-29-10-4-9-22-20(25-19(28)16-12-23-30-13(16)2)24-18-11-17(26-27-18)14-5-7-15(21)8-6-14/h5-8,11-12H,3-4,9-10H2,1-2H3,(H3,22,24,25,26,27,28). The Morgan fingerprint density at radius 1 is 1.33 bits per heavy atom. The number of H-pyrrole nitrogens is 1. The van der Waals surface area contributed by atoms with Gasteiger partial charge in [-0.25, -0.2) is 0 Å². The number of hydrogen-bond acceptors (Lipinski definition) is 6. The van der Waals surface area contributed by atoms with Crippen molar-refractivity contribution in [2.75, 3.05) is 25.1 Å². The Labute approximate surface area is 178 Å². The summed E-state index contributed by atoms with van der Waals surface area (Å²) < 4.78 is 10.3. The number of carbonyl (C=O) groups is 1. The first-order valence-electron chi connectivity index (χ1n) is 9.50. The first-order valence-corrected chi connectivity index (χ1v) is 9.87. The second-order valence-electron chi connectivity index (χ2n) is 6.33. The van der Waals surface area contributed by atoms with Crippen LogP contribution in [0.4, 0.5) is 5.82 Å². The molecular formula is C20H23ClN6O3. The zero-order valence-corrected chi connectivity index (χ0v) is 17.5. The number of aliphatic imine (C=N–C) groups is 1. The topological polar surface area (TPSA) is 117 Å². The summed E-state index contributed by atoms with van der Waals surface area (Å²) in [5.74, 6) is 0.823. The van der Waals surface area contributed by atoms with Crippen molar-refractivity contribution in [2.24, 2.45) is 4.99 Å². The van der Waals surface area contributed by atoms with Crippen LogP contribution < -0.4 is 10.6 Å². The van der Waals surface area contributed by atoms with Gasteiger partial charge in [-0.3, -0.25) is 20.2 Å². The molecule has 0 aliphatic carbocycles. The molecular weight excluding hydrogens is 408 g/mol. The number of amides is 1. The van der Waals surface area contributed by atoms with Crippen LogP contribution in [0.5, 0.6) is 0 Å². The SMILES string of the molecule is CCOCCCN=C(NC(=O)c1cnoc1C)Nc1cc(-c2ccc(Cl)cc2)[nH]n1. The van der Waals surface area contributed by atoms with E-state index in [-0.39, 0.29) is 11.9 Å². The van der Waals surface area contributed by atoms with Crippen LogP contribution >= 0.6 is 11.6 Å². The number of guanidine groups is 1. The van der Waals surface area contributed by atoms with Crippen LogP contribution in [0.25, 0.3) is 11.3 Å². The van der Waals surface area contributed by atoms with E-state index in [1.807, 2.05) is 25.1 Å². The summed E-state index contributed by atoms with van der Waals surface area (Å²) in [6.07, 6.45) is 2.09. The predicted octanol–water partition coefficient (Wildman–Crippen LogP) is 3.65. The maximum absolute atomic E-state index is 12.5. The first kappa shape index (κ1) is 21.5. The Balaban J connectivity index is 1.71. The number of anilines is 1. The maximum atomic E-state index is 12.5. The fraction of sp³-hybridized carbons (Fsp3) is 0.300. The third-order valence-corrected chi connectivity index (χ3v) is 4.38. The molecule has 1 amide bonds. The highest BCUT2D eigenvalue weighted by Gasteiger charge is 2.16. The lowest BCUT2D eigenvalue weighted by atomic mass is 10.1. The van der Waals surface area contributed by atoms with Crippen molar-refractivity contribution in [1.82, 2.24) is 20.7 Å². The summed E-state index contributed by atoms with van der Waals surface area (Å²) in [7, 11) is 0. The third-order valence-electron chi connectivity index (χ3n) is 4.13. The van der Waals surface area contributed by atoms with Crippen molar-refractivity contribution in [1.29, 1.82) is 0 Å². The molecule has 30 heavy (non-hydrogen) atoms. The van der Waals surface area contributed by atoms with Crippen molar-refractivity contribution in [3.05, 3.63) is 52.9 Å².